The van der Waals surface area contributed by atoms with E-state index in [1.165, 1.54) is 32.4 Å². The molecule has 0 unspecified atom stereocenters. The number of nitrogens with zero attached hydrogens (tertiary/aromatic N) is 3. The van der Waals surface area contributed by atoms with Crippen LogP contribution in [-0.4, -0.2) is 79.9 Å². The van der Waals surface area contributed by atoms with E-state index in [4.69, 9.17) is 0 Å². The number of aliphatic imine (C=N–C) groups is 1. The van der Waals surface area contributed by atoms with Gasteiger partial charge in [0.15, 0.2) is 5.96 Å². The lowest BCUT2D eigenvalue weighted by Gasteiger charge is -2.26. The molecule has 0 aliphatic carbocycles. The first kappa shape index (κ1) is 25.4. The van der Waals surface area contributed by atoms with E-state index in [0.717, 1.165) is 31.2 Å². The van der Waals surface area contributed by atoms with Crippen molar-refractivity contribution in [2.75, 3.05) is 52.4 Å². The summed E-state index contributed by atoms with van der Waals surface area (Å²) < 4.78 is 0. The first-order chi connectivity index (χ1) is 14.7. The molecule has 0 saturated carbocycles. The van der Waals surface area contributed by atoms with Gasteiger partial charge >= 0.3 is 0 Å². The average Bonchev–Trinajstić information content (AvgIpc) is 2.78. The number of halogens is 1. The minimum Gasteiger partial charge on any atom is -0.357 e. The smallest absolute Gasteiger partial charge is 0.254 e. The highest BCUT2D eigenvalue weighted by molar-refractivity contribution is 14.0. The summed E-state index contributed by atoms with van der Waals surface area (Å²) in [5.74, 6) is 0.603. The number of carbonyl (C=O) groups is 2. The zero-order chi connectivity index (χ0) is 21.2. The van der Waals surface area contributed by atoms with Gasteiger partial charge in [-0.1, -0.05) is 18.6 Å². The van der Waals surface area contributed by atoms with Crippen molar-refractivity contribution in [3.63, 3.8) is 0 Å². The van der Waals surface area contributed by atoms with Crippen molar-refractivity contribution in [1.29, 1.82) is 0 Å². The maximum atomic E-state index is 12.6. The molecule has 2 amide bonds. The van der Waals surface area contributed by atoms with E-state index in [1.54, 1.807) is 4.90 Å². The fourth-order valence-electron chi connectivity index (χ4n) is 3.77. The Hall–Kier alpha value is -1.88. The van der Waals surface area contributed by atoms with Gasteiger partial charge < -0.3 is 25.8 Å². The zero-order valence-electron chi connectivity index (χ0n) is 18.4. The number of likely N-dealkylation sites (tertiary alicyclic amines) is 1. The first-order valence-corrected chi connectivity index (χ1v) is 11.0. The first-order valence-electron chi connectivity index (χ1n) is 11.0. The number of nitrogens with one attached hydrogen (secondary N) is 3. The number of rotatable bonds is 7. The van der Waals surface area contributed by atoms with Gasteiger partial charge in [0, 0.05) is 38.3 Å². The fraction of sp³-hybridized carbons (Fsp3) is 0.591. The van der Waals surface area contributed by atoms with E-state index in [9.17, 15) is 9.59 Å². The summed E-state index contributed by atoms with van der Waals surface area (Å²) in [6.07, 6.45) is 3.96. The lowest BCUT2D eigenvalue weighted by atomic mass is 10.1. The number of hydrogen-bond donors (Lipinski definition) is 3. The van der Waals surface area contributed by atoms with Crippen molar-refractivity contribution in [3.05, 3.63) is 35.4 Å². The highest BCUT2D eigenvalue weighted by Gasteiger charge is 2.22. The van der Waals surface area contributed by atoms with Gasteiger partial charge in [-0.2, -0.15) is 0 Å². The number of benzene rings is 1. The van der Waals surface area contributed by atoms with Crippen LogP contribution in [0.1, 0.15) is 42.1 Å². The molecule has 3 rings (SSSR count). The molecule has 31 heavy (non-hydrogen) atoms. The van der Waals surface area contributed by atoms with E-state index in [-0.39, 0.29) is 42.3 Å². The van der Waals surface area contributed by atoms with Crippen LogP contribution in [0.2, 0.25) is 0 Å². The van der Waals surface area contributed by atoms with Crippen LogP contribution in [0.4, 0.5) is 0 Å². The van der Waals surface area contributed by atoms with Crippen LogP contribution in [0.15, 0.2) is 29.3 Å². The molecular formula is C22H35IN6O2. The predicted octanol–water partition coefficient (Wildman–Crippen LogP) is 1.42. The molecule has 0 spiro atoms. The van der Waals surface area contributed by atoms with Crippen molar-refractivity contribution < 1.29 is 9.59 Å². The fourth-order valence-corrected chi connectivity index (χ4v) is 3.77. The molecule has 3 N–H and O–H groups in total. The molecule has 0 radical (unpaired) electrons. The minimum atomic E-state index is -0.107. The molecule has 8 nitrogen and oxygen atoms in total. The SMILES string of the molecule is CCNC(=NCc1ccc(C(=O)N2CCNC(=O)C2)cc1)NCCN1CCCCC1.I. The van der Waals surface area contributed by atoms with Gasteiger partial charge in [-0.25, -0.2) is 4.99 Å². The molecule has 172 valence electrons. The Labute approximate surface area is 202 Å². The highest BCUT2D eigenvalue weighted by atomic mass is 127. The van der Waals surface area contributed by atoms with Crippen LogP contribution in [0.25, 0.3) is 0 Å². The van der Waals surface area contributed by atoms with Gasteiger partial charge in [0.25, 0.3) is 5.91 Å². The van der Waals surface area contributed by atoms with E-state index in [2.05, 4.69) is 32.8 Å². The van der Waals surface area contributed by atoms with E-state index in [1.807, 2.05) is 24.3 Å². The quantitative estimate of drug-likeness (QED) is 0.276. The molecule has 0 atom stereocenters. The van der Waals surface area contributed by atoms with E-state index in [0.29, 0.717) is 25.2 Å². The molecule has 2 heterocycles. The third-order valence-electron chi connectivity index (χ3n) is 5.46. The summed E-state index contributed by atoms with van der Waals surface area (Å²) in [6, 6.07) is 7.49. The van der Waals surface area contributed by atoms with Crippen molar-refractivity contribution in [3.8, 4) is 0 Å². The Balaban J connectivity index is 0.00000341. The van der Waals surface area contributed by atoms with E-state index < -0.39 is 0 Å². The van der Waals surface area contributed by atoms with Gasteiger partial charge in [0.1, 0.15) is 0 Å². The van der Waals surface area contributed by atoms with Crippen LogP contribution in [0.3, 0.4) is 0 Å². The monoisotopic (exact) mass is 542 g/mol. The number of hydrogen-bond acceptors (Lipinski definition) is 4. The average molecular weight is 542 g/mol. The largest absolute Gasteiger partial charge is 0.357 e. The lowest BCUT2D eigenvalue weighted by Crippen LogP contribution is -2.49. The third-order valence-corrected chi connectivity index (χ3v) is 5.46. The van der Waals surface area contributed by atoms with Gasteiger partial charge in [0.2, 0.25) is 5.91 Å². The lowest BCUT2D eigenvalue weighted by molar-refractivity contribution is -0.123. The predicted molar refractivity (Wildman–Crippen MR) is 134 cm³/mol. The van der Waals surface area contributed by atoms with Crippen LogP contribution in [-0.2, 0) is 11.3 Å². The zero-order valence-corrected chi connectivity index (χ0v) is 20.7. The van der Waals surface area contributed by atoms with Gasteiger partial charge in [-0.3, -0.25) is 9.59 Å². The highest BCUT2D eigenvalue weighted by Crippen LogP contribution is 2.10. The Morgan fingerprint density at radius 1 is 1.10 bits per heavy atom. The molecule has 2 aliphatic rings. The van der Waals surface area contributed by atoms with Crippen molar-refractivity contribution in [1.82, 2.24) is 25.8 Å². The maximum Gasteiger partial charge on any atom is 0.254 e. The van der Waals surface area contributed by atoms with E-state index >= 15 is 0 Å². The molecule has 1 aromatic rings. The molecule has 2 saturated heterocycles. The summed E-state index contributed by atoms with van der Waals surface area (Å²) in [5.41, 5.74) is 1.64. The van der Waals surface area contributed by atoms with Crippen molar-refractivity contribution in [2.24, 2.45) is 4.99 Å². The van der Waals surface area contributed by atoms with Gasteiger partial charge in [-0.05, 0) is 50.6 Å². The summed E-state index contributed by atoms with van der Waals surface area (Å²) in [7, 11) is 0. The number of amides is 2. The Morgan fingerprint density at radius 2 is 1.84 bits per heavy atom. The topological polar surface area (TPSA) is 89.1 Å². The molecule has 0 aromatic heterocycles. The standard InChI is InChI=1S/C22H34N6O2.HI/c1-2-23-22(25-10-14-27-12-4-3-5-13-27)26-16-18-6-8-19(9-7-18)21(30)28-15-11-24-20(29)17-28;/h6-9H,2-5,10-17H2,1H3,(H,24,29)(H2,23,25,26);1H. The maximum absolute atomic E-state index is 12.6. The number of piperidine rings is 1. The summed E-state index contributed by atoms with van der Waals surface area (Å²) in [5, 5.41) is 9.44. The molecule has 0 bridgehead atoms. The van der Waals surface area contributed by atoms with Crippen LogP contribution >= 0.6 is 24.0 Å². The number of piperazine rings is 1. The summed E-state index contributed by atoms with van der Waals surface area (Å²) >= 11 is 0. The normalized spacial score (nSPS) is 17.5. The molecular weight excluding hydrogens is 507 g/mol. The van der Waals surface area contributed by atoms with Crippen LogP contribution in [0, 0.1) is 0 Å². The Morgan fingerprint density at radius 3 is 2.52 bits per heavy atom. The molecule has 1 aromatic carbocycles. The van der Waals surface area contributed by atoms with Crippen molar-refractivity contribution >= 4 is 41.8 Å². The summed E-state index contributed by atoms with van der Waals surface area (Å²) in [4.78, 5) is 32.8. The van der Waals surface area contributed by atoms with Crippen molar-refractivity contribution in [2.45, 2.75) is 32.7 Å². The third kappa shape index (κ3) is 8.29. The van der Waals surface area contributed by atoms with Crippen LogP contribution in [0.5, 0.6) is 0 Å². The second-order valence-electron chi connectivity index (χ2n) is 7.80. The second-order valence-corrected chi connectivity index (χ2v) is 7.80. The number of guanidine groups is 1. The van der Waals surface area contributed by atoms with Gasteiger partial charge in [0.05, 0.1) is 13.1 Å². The second kappa shape index (κ2) is 13.5. The molecule has 2 fully saturated rings. The Kier molecular flexibility index (Phi) is 11.1. The summed E-state index contributed by atoms with van der Waals surface area (Å²) in [6.45, 7) is 8.90. The molecule has 2 aliphatic heterocycles. The minimum absolute atomic E-state index is 0. The van der Waals surface area contributed by atoms with Gasteiger partial charge in [-0.15, -0.1) is 24.0 Å². The molecule has 9 heteroatoms. The number of carbonyl (C=O) groups excluding carboxylic acids is 2. The Bertz CT molecular complexity index is 734. The van der Waals surface area contributed by atoms with Crippen LogP contribution < -0.4 is 16.0 Å².